The van der Waals surface area contributed by atoms with Crippen molar-refractivity contribution in [2.45, 2.75) is 12.5 Å². The van der Waals surface area contributed by atoms with Gasteiger partial charge in [-0.25, -0.2) is 0 Å². The van der Waals surface area contributed by atoms with Gasteiger partial charge in [0.2, 0.25) is 0 Å². The van der Waals surface area contributed by atoms with E-state index in [2.05, 4.69) is 59.1 Å². The van der Waals surface area contributed by atoms with E-state index in [1.165, 1.54) is 25.2 Å². The van der Waals surface area contributed by atoms with Crippen molar-refractivity contribution < 1.29 is 0 Å². The summed E-state index contributed by atoms with van der Waals surface area (Å²) in [5.41, 5.74) is 7.25. The van der Waals surface area contributed by atoms with Gasteiger partial charge in [-0.2, -0.15) is 0 Å². The van der Waals surface area contributed by atoms with Crippen LogP contribution in [0.15, 0.2) is 30.3 Å². The molecule has 4 heteroatoms. The van der Waals surface area contributed by atoms with Crippen LogP contribution in [0.3, 0.4) is 0 Å². The fraction of sp³-hybridized carbons (Fsp3) is 0.647. The van der Waals surface area contributed by atoms with Gasteiger partial charge in [0.05, 0.1) is 0 Å². The molecule has 1 unspecified atom stereocenters. The first-order valence-electron chi connectivity index (χ1n) is 8.07. The van der Waals surface area contributed by atoms with Crippen molar-refractivity contribution in [2.24, 2.45) is 5.73 Å². The van der Waals surface area contributed by atoms with E-state index in [4.69, 9.17) is 5.73 Å². The van der Waals surface area contributed by atoms with Gasteiger partial charge in [-0.3, -0.25) is 9.80 Å². The summed E-state index contributed by atoms with van der Waals surface area (Å²) in [4.78, 5) is 7.43. The molecule has 1 atom stereocenters. The number of nitrogens with zero attached hydrogens (tertiary/aromatic N) is 3. The van der Waals surface area contributed by atoms with E-state index in [1.54, 1.807) is 0 Å². The van der Waals surface area contributed by atoms with Gasteiger partial charge in [0.15, 0.2) is 0 Å². The second-order valence-electron chi connectivity index (χ2n) is 6.18. The summed E-state index contributed by atoms with van der Waals surface area (Å²) in [7, 11) is 4.28. The van der Waals surface area contributed by atoms with Gasteiger partial charge in [0.1, 0.15) is 0 Å². The quantitative estimate of drug-likeness (QED) is 0.820. The van der Waals surface area contributed by atoms with Crippen LogP contribution in [-0.4, -0.2) is 74.6 Å². The second kappa shape index (κ2) is 8.49. The molecule has 21 heavy (non-hydrogen) atoms. The predicted molar refractivity (Wildman–Crippen MR) is 89.4 cm³/mol. The van der Waals surface area contributed by atoms with Crippen molar-refractivity contribution in [3.05, 3.63) is 35.9 Å². The van der Waals surface area contributed by atoms with Gasteiger partial charge in [-0.05, 0) is 32.6 Å². The summed E-state index contributed by atoms with van der Waals surface area (Å²) in [5.74, 6) is 0. The highest BCUT2D eigenvalue weighted by atomic mass is 15.3. The van der Waals surface area contributed by atoms with Crippen molar-refractivity contribution in [3.8, 4) is 0 Å². The highest BCUT2D eigenvalue weighted by Gasteiger charge is 2.24. The Morgan fingerprint density at radius 3 is 2.33 bits per heavy atom. The monoisotopic (exact) mass is 290 g/mol. The molecule has 2 rings (SSSR count). The third-order valence-corrected chi connectivity index (χ3v) is 4.34. The molecule has 1 aromatic carbocycles. The topological polar surface area (TPSA) is 35.7 Å². The lowest BCUT2D eigenvalue weighted by Gasteiger charge is -2.39. The average molecular weight is 290 g/mol. The van der Waals surface area contributed by atoms with Gasteiger partial charge < -0.3 is 10.6 Å². The summed E-state index contributed by atoms with van der Waals surface area (Å²) in [6.07, 6.45) is 1.04. The third kappa shape index (κ3) is 5.08. The van der Waals surface area contributed by atoms with Crippen molar-refractivity contribution in [2.75, 3.05) is 59.9 Å². The molecule has 2 N–H and O–H groups in total. The highest BCUT2D eigenvalue weighted by molar-refractivity contribution is 5.19. The lowest BCUT2D eigenvalue weighted by atomic mass is 10.0. The standard InChI is InChI=1S/C17H30N4/c1-19(2)10-11-20-12-14-21(15-13-20)17(8-9-18)16-6-4-3-5-7-16/h3-7,17H,8-15,18H2,1-2H3. The first-order valence-corrected chi connectivity index (χ1v) is 8.07. The molecule has 4 nitrogen and oxygen atoms in total. The van der Waals surface area contributed by atoms with Crippen molar-refractivity contribution in [1.29, 1.82) is 0 Å². The molecule has 118 valence electrons. The molecule has 0 bridgehead atoms. The van der Waals surface area contributed by atoms with Crippen LogP contribution in [0.1, 0.15) is 18.0 Å². The van der Waals surface area contributed by atoms with E-state index in [9.17, 15) is 0 Å². The Morgan fingerprint density at radius 1 is 1.10 bits per heavy atom. The summed E-state index contributed by atoms with van der Waals surface area (Å²) in [5, 5.41) is 0. The van der Waals surface area contributed by atoms with Crippen LogP contribution in [0.25, 0.3) is 0 Å². The number of piperazine rings is 1. The van der Waals surface area contributed by atoms with Crippen LogP contribution >= 0.6 is 0 Å². The predicted octanol–water partition coefficient (Wildman–Crippen LogP) is 1.26. The molecule has 1 fully saturated rings. The molecule has 0 aromatic heterocycles. The number of benzene rings is 1. The van der Waals surface area contributed by atoms with E-state index < -0.39 is 0 Å². The van der Waals surface area contributed by atoms with E-state index in [1.807, 2.05) is 0 Å². The first kappa shape index (κ1) is 16.4. The van der Waals surface area contributed by atoms with Gasteiger partial charge in [-0.15, -0.1) is 0 Å². The number of likely N-dealkylation sites (N-methyl/N-ethyl adjacent to an activating group) is 1. The molecule has 1 saturated heterocycles. The lowest BCUT2D eigenvalue weighted by Crippen LogP contribution is -2.49. The minimum atomic E-state index is 0.479. The van der Waals surface area contributed by atoms with Crippen LogP contribution in [0.4, 0.5) is 0 Å². The minimum Gasteiger partial charge on any atom is -0.330 e. The summed E-state index contributed by atoms with van der Waals surface area (Å²) < 4.78 is 0. The van der Waals surface area contributed by atoms with Gasteiger partial charge in [-0.1, -0.05) is 30.3 Å². The Balaban J connectivity index is 1.89. The normalized spacial score (nSPS) is 19.0. The highest BCUT2D eigenvalue weighted by Crippen LogP contribution is 2.24. The average Bonchev–Trinajstić information content (AvgIpc) is 2.52. The Bertz CT molecular complexity index is 385. The zero-order chi connectivity index (χ0) is 15.1. The zero-order valence-corrected chi connectivity index (χ0v) is 13.5. The summed E-state index contributed by atoms with van der Waals surface area (Å²) >= 11 is 0. The van der Waals surface area contributed by atoms with Crippen LogP contribution in [0.5, 0.6) is 0 Å². The number of rotatable bonds is 7. The van der Waals surface area contributed by atoms with Crippen molar-refractivity contribution in [3.63, 3.8) is 0 Å². The largest absolute Gasteiger partial charge is 0.330 e. The van der Waals surface area contributed by atoms with Crippen molar-refractivity contribution in [1.82, 2.24) is 14.7 Å². The zero-order valence-electron chi connectivity index (χ0n) is 13.5. The molecule has 0 aliphatic carbocycles. The Kier molecular flexibility index (Phi) is 6.64. The molecule has 1 aliphatic rings. The summed E-state index contributed by atoms with van der Waals surface area (Å²) in [6.45, 7) is 7.70. The maximum Gasteiger partial charge on any atom is 0.0361 e. The van der Waals surface area contributed by atoms with E-state index >= 15 is 0 Å². The fourth-order valence-corrected chi connectivity index (χ4v) is 3.03. The molecule has 1 aliphatic heterocycles. The Hall–Kier alpha value is -0.940. The maximum absolute atomic E-state index is 5.84. The minimum absolute atomic E-state index is 0.479. The van der Waals surface area contributed by atoms with Crippen LogP contribution < -0.4 is 5.73 Å². The number of nitrogens with two attached hydrogens (primary N) is 1. The number of hydrogen-bond acceptors (Lipinski definition) is 4. The van der Waals surface area contributed by atoms with Crippen LogP contribution in [0, 0.1) is 0 Å². The smallest absolute Gasteiger partial charge is 0.0361 e. The molecule has 0 saturated carbocycles. The third-order valence-electron chi connectivity index (χ3n) is 4.34. The van der Waals surface area contributed by atoms with Crippen LogP contribution in [0.2, 0.25) is 0 Å². The molecule has 1 heterocycles. The van der Waals surface area contributed by atoms with Gasteiger partial charge in [0, 0.05) is 45.3 Å². The Morgan fingerprint density at radius 2 is 1.76 bits per heavy atom. The maximum atomic E-state index is 5.84. The summed E-state index contributed by atoms with van der Waals surface area (Å²) in [6, 6.07) is 11.3. The first-order chi connectivity index (χ1) is 10.2. The molecular weight excluding hydrogens is 260 g/mol. The number of hydrogen-bond donors (Lipinski definition) is 1. The molecular formula is C17H30N4. The lowest BCUT2D eigenvalue weighted by molar-refractivity contribution is 0.0886. The second-order valence-corrected chi connectivity index (χ2v) is 6.18. The molecule has 0 radical (unpaired) electrons. The van der Waals surface area contributed by atoms with E-state index in [0.29, 0.717) is 6.04 Å². The van der Waals surface area contributed by atoms with Gasteiger partial charge >= 0.3 is 0 Å². The van der Waals surface area contributed by atoms with E-state index in [-0.39, 0.29) is 0 Å². The molecule has 1 aromatic rings. The van der Waals surface area contributed by atoms with E-state index in [0.717, 1.165) is 32.6 Å². The fourth-order valence-electron chi connectivity index (χ4n) is 3.03. The van der Waals surface area contributed by atoms with Gasteiger partial charge in [0.25, 0.3) is 0 Å². The van der Waals surface area contributed by atoms with Crippen molar-refractivity contribution >= 4 is 0 Å². The Labute approximate surface area is 129 Å². The molecule has 0 spiro atoms. The van der Waals surface area contributed by atoms with Crippen LogP contribution in [-0.2, 0) is 0 Å². The molecule has 0 amide bonds. The SMILES string of the molecule is CN(C)CCN1CCN(C(CCN)c2ccccc2)CC1.